The third kappa shape index (κ3) is 2.31. The average Bonchev–Trinajstić information content (AvgIpc) is 2.85. The largest absolute Gasteiger partial charge is 0.330 e. The number of aryl methyl sites for hydroxylation is 1. The molecule has 0 amide bonds. The van der Waals surface area contributed by atoms with Crippen LogP contribution in [-0.2, 0) is 0 Å². The van der Waals surface area contributed by atoms with Crippen molar-refractivity contribution in [2.24, 2.45) is 11.7 Å². The van der Waals surface area contributed by atoms with Crippen molar-refractivity contribution >= 4 is 11.3 Å². The van der Waals surface area contributed by atoms with E-state index in [9.17, 15) is 0 Å². The van der Waals surface area contributed by atoms with Gasteiger partial charge in [0.15, 0.2) is 0 Å². The Labute approximate surface area is 102 Å². The molecule has 0 bridgehead atoms. The van der Waals surface area contributed by atoms with Gasteiger partial charge in [0.1, 0.15) is 0 Å². The van der Waals surface area contributed by atoms with Crippen LogP contribution in [-0.4, -0.2) is 24.5 Å². The summed E-state index contributed by atoms with van der Waals surface area (Å²) >= 11 is 1.94. The number of thiophene rings is 1. The first-order chi connectivity index (χ1) is 7.76. The predicted octanol–water partition coefficient (Wildman–Crippen LogP) is 2.79. The van der Waals surface area contributed by atoms with Crippen molar-refractivity contribution in [2.45, 2.75) is 32.7 Å². The van der Waals surface area contributed by atoms with E-state index in [1.54, 1.807) is 0 Å². The lowest BCUT2D eigenvalue weighted by Crippen LogP contribution is -2.28. The Morgan fingerprint density at radius 3 is 2.88 bits per heavy atom. The molecule has 0 spiro atoms. The lowest BCUT2D eigenvalue weighted by Gasteiger charge is -2.26. The van der Waals surface area contributed by atoms with Crippen LogP contribution >= 0.6 is 11.3 Å². The van der Waals surface area contributed by atoms with Gasteiger partial charge in [-0.3, -0.25) is 4.90 Å². The lowest BCUT2D eigenvalue weighted by molar-refractivity contribution is 0.234. The second-order valence-electron chi connectivity index (χ2n) is 4.71. The molecular weight excluding hydrogens is 216 g/mol. The van der Waals surface area contributed by atoms with Crippen LogP contribution in [0.2, 0.25) is 0 Å². The molecule has 0 aromatic carbocycles. The van der Waals surface area contributed by atoms with Crippen molar-refractivity contribution in [1.29, 1.82) is 0 Å². The average molecular weight is 238 g/mol. The van der Waals surface area contributed by atoms with Crippen LogP contribution in [0.4, 0.5) is 0 Å². The molecule has 0 saturated carbocycles. The minimum atomic E-state index is 0.587. The molecular formula is C13H22N2S. The number of rotatable bonds is 4. The van der Waals surface area contributed by atoms with Gasteiger partial charge in [-0.05, 0) is 57.5 Å². The van der Waals surface area contributed by atoms with Crippen molar-refractivity contribution in [1.82, 2.24) is 4.90 Å². The molecule has 1 saturated heterocycles. The van der Waals surface area contributed by atoms with Gasteiger partial charge in [0.25, 0.3) is 0 Å². The Morgan fingerprint density at radius 2 is 2.31 bits per heavy atom. The van der Waals surface area contributed by atoms with Crippen molar-refractivity contribution in [2.75, 3.05) is 19.6 Å². The zero-order valence-electron chi connectivity index (χ0n) is 10.3. The van der Waals surface area contributed by atoms with Crippen molar-refractivity contribution in [3.63, 3.8) is 0 Å². The van der Waals surface area contributed by atoms with E-state index < -0.39 is 0 Å². The molecule has 3 heteroatoms. The van der Waals surface area contributed by atoms with Crippen molar-refractivity contribution < 1.29 is 0 Å². The summed E-state index contributed by atoms with van der Waals surface area (Å²) in [6.45, 7) is 7.69. The molecule has 1 fully saturated rings. The summed E-state index contributed by atoms with van der Waals surface area (Å²) in [4.78, 5) is 5.54. The second kappa shape index (κ2) is 5.30. The quantitative estimate of drug-likeness (QED) is 0.874. The molecule has 2 atom stereocenters. The van der Waals surface area contributed by atoms with Gasteiger partial charge in [0, 0.05) is 15.8 Å². The first kappa shape index (κ1) is 12.1. The molecule has 2 unspecified atom stereocenters. The maximum Gasteiger partial charge on any atom is 0.0482 e. The topological polar surface area (TPSA) is 29.3 Å². The van der Waals surface area contributed by atoms with Gasteiger partial charge in [-0.1, -0.05) is 6.92 Å². The van der Waals surface area contributed by atoms with E-state index in [0.29, 0.717) is 12.0 Å². The van der Waals surface area contributed by atoms with Crippen LogP contribution in [0.5, 0.6) is 0 Å². The maximum atomic E-state index is 5.90. The lowest BCUT2D eigenvalue weighted by atomic mass is 9.99. The van der Waals surface area contributed by atoms with Crippen molar-refractivity contribution in [3.8, 4) is 0 Å². The highest BCUT2D eigenvalue weighted by atomic mass is 32.1. The zero-order chi connectivity index (χ0) is 11.5. The molecule has 1 aromatic rings. The van der Waals surface area contributed by atoms with Gasteiger partial charge >= 0.3 is 0 Å². The van der Waals surface area contributed by atoms with Crippen LogP contribution in [0.3, 0.4) is 0 Å². The normalized spacial score (nSPS) is 26.4. The Kier molecular flexibility index (Phi) is 4.00. The van der Waals surface area contributed by atoms with E-state index in [1.807, 2.05) is 11.3 Å². The first-order valence-electron chi connectivity index (χ1n) is 6.26. The number of likely N-dealkylation sites (tertiary alicyclic amines) is 1. The fourth-order valence-corrected chi connectivity index (χ4v) is 3.84. The van der Waals surface area contributed by atoms with Gasteiger partial charge < -0.3 is 5.73 Å². The Hall–Kier alpha value is -0.380. The minimum Gasteiger partial charge on any atom is -0.330 e. The minimum absolute atomic E-state index is 0.587. The Bertz CT molecular complexity index is 334. The predicted molar refractivity (Wildman–Crippen MR) is 70.8 cm³/mol. The molecule has 2 N–H and O–H groups in total. The first-order valence-corrected chi connectivity index (χ1v) is 7.08. The second-order valence-corrected chi connectivity index (χ2v) is 6.03. The third-order valence-electron chi connectivity index (χ3n) is 3.49. The molecule has 0 aliphatic carbocycles. The molecule has 1 aliphatic rings. The van der Waals surface area contributed by atoms with Crippen LogP contribution in [0, 0.1) is 12.8 Å². The van der Waals surface area contributed by atoms with Gasteiger partial charge in [-0.25, -0.2) is 0 Å². The number of nitrogens with two attached hydrogens (primary N) is 1. The van der Waals surface area contributed by atoms with Crippen LogP contribution < -0.4 is 5.73 Å². The standard InChI is InChI=1S/C13H22N2S/c1-3-7-15-8-6-11(9-14)13(15)12-5-4-10(2)16-12/h4-5,11,13H,3,6-9,14H2,1-2H3. The van der Waals surface area contributed by atoms with Gasteiger partial charge in [0.2, 0.25) is 0 Å². The van der Waals surface area contributed by atoms with Gasteiger partial charge in [-0.2, -0.15) is 0 Å². The van der Waals surface area contributed by atoms with E-state index in [-0.39, 0.29) is 0 Å². The highest BCUT2D eigenvalue weighted by Crippen LogP contribution is 2.39. The molecule has 1 aromatic heterocycles. The SMILES string of the molecule is CCCN1CCC(CN)C1c1ccc(C)s1. The molecule has 90 valence electrons. The molecule has 1 aliphatic heterocycles. The van der Waals surface area contributed by atoms with E-state index in [1.165, 1.54) is 35.7 Å². The number of hydrogen-bond acceptors (Lipinski definition) is 3. The highest BCUT2D eigenvalue weighted by molar-refractivity contribution is 7.12. The molecule has 2 nitrogen and oxygen atoms in total. The molecule has 0 radical (unpaired) electrons. The summed E-state index contributed by atoms with van der Waals surface area (Å²) in [6, 6.07) is 5.11. The molecule has 2 rings (SSSR count). The van der Waals surface area contributed by atoms with Crippen LogP contribution in [0.1, 0.15) is 35.6 Å². The summed E-state index contributed by atoms with van der Waals surface area (Å²) in [6.07, 6.45) is 2.50. The van der Waals surface area contributed by atoms with E-state index >= 15 is 0 Å². The summed E-state index contributed by atoms with van der Waals surface area (Å²) in [5.41, 5.74) is 5.90. The van der Waals surface area contributed by atoms with E-state index in [0.717, 1.165) is 6.54 Å². The zero-order valence-corrected chi connectivity index (χ0v) is 11.1. The summed E-state index contributed by atoms with van der Waals surface area (Å²) in [5.74, 6) is 0.657. The summed E-state index contributed by atoms with van der Waals surface area (Å²) in [5, 5.41) is 0. The number of nitrogens with zero attached hydrogens (tertiary/aromatic N) is 1. The van der Waals surface area contributed by atoms with E-state index in [4.69, 9.17) is 5.73 Å². The summed E-state index contributed by atoms with van der Waals surface area (Å²) in [7, 11) is 0. The Balaban J connectivity index is 2.18. The van der Waals surface area contributed by atoms with E-state index in [2.05, 4.69) is 30.9 Å². The molecule has 2 heterocycles. The fraction of sp³-hybridized carbons (Fsp3) is 0.692. The Morgan fingerprint density at radius 1 is 1.50 bits per heavy atom. The maximum absolute atomic E-state index is 5.90. The highest BCUT2D eigenvalue weighted by Gasteiger charge is 2.34. The summed E-state index contributed by atoms with van der Waals surface area (Å²) < 4.78 is 0. The monoisotopic (exact) mass is 238 g/mol. The third-order valence-corrected chi connectivity index (χ3v) is 4.56. The van der Waals surface area contributed by atoms with Crippen LogP contribution in [0.25, 0.3) is 0 Å². The molecule has 16 heavy (non-hydrogen) atoms. The number of hydrogen-bond donors (Lipinski definition) is 1. The van der Waals surface area contributed by atoms with Gasteiger partial charge in [-0.15, -0.1) is 11.3 Å². The smallest absolute Gasteiger partial charge is 0.0482 e. The van der Waals surface area contributed by atoms with Crippen molar-refractivity contribution in [3.05, 3.63) is 21.9 Å². The van der Waals surface area contributed by atoms with Gasteiger partial charge in [0.05, 0.1) is 0 Å². The van der Waals surface area contributed by atoms with Crippen LogP contribution in [0.15, 0.2) is 12.1 Å². The fourth-order valence-electron chi connectivity index (χ4n) is 2.74.